The number of urea groups is 1. The Balaban J connectivity index is 2.34. The standard InChI is InChI=1S/C15H28N2O3/c1-4-5-6-7-8-11(2)16-15(20)17-10-9-13(12(17)3)14(18)19/h11-13H,4-10H2,1-3H3,(H,16,20)(H,18,19). The third kappa shape index (κ3) is 4.69. The maximum absolute atomic E-state index is 12.1. The van der Waals surface area contributed by atoms with E-state index in [9.17, 15) is 9.59 Å². The number of amides is 2. The van der Waals surface area contributed by atoms with E-state index >= 15 is 0 Å². The Hall–Kier alpha value is -1.26. The van der Waals surface area contributed by atoms with Gasteiger partial charge in [0.1, 0.15) is 0 Å². The van der Waals surface area contributed by atoms with Crippen molar-refractivity contribution in [2.45, 2.75) is 71.4 Å². The van der Waals surface area contributed by atoms with Crippen molar-refractivity contribution >= 4 is 12.0 Å². The summed E-state index contributed by atoms with van der Waals surface area (Å²) in [7, 11) is 0. The van der Waals surface area contributed by atoms with Crippen LogP contribution < -0.4 is 5.32 Å². The molecule has 1 rings (SSSR count). The third-order valence-electron chi connectivity index (χ3n) is 4.19. The van der Waals surface area contributed by atoms with Gasteiger partial charge in [0.15, 0.2) is 0 Å². The van der Waals surface area contributed by atoms with Gasteiger partial charge in [-0.3, -0.25) is 4.79 Å². The van der Waals surface area contributed by atoms with Crippen LogP contribution in [0.1, 0.15) is 59.3 Å². The van der Waals surface area contributed by atoms with Crippen molar-refractivity contribution in [1.29, 1.82) is 0 Å². The zero-order chi connectivity index (χ0) is 15.1. The van der Waals surface area contributed by atoms with Gasteiger partial charge in [-0.25, -0.2) is 4.79 Å². The summed E-state index contributed by atoms with van der Waals surface area (Å²) in [6.45, 7) is 6.54. The molecule has 20 heavy (non-hydrogen) atoms. The fourth-order valence-electron chi connectivity index (χ4n) is 2.80. The number of nitrogens with one attached hydrogen (secondary N) is 1. The predicted molar refractivity (Wildman–Crippen MR) is 78.7 cm³/mol. The lowest BCUT2D eigenvalue weighted by atomic mass is 10.0. The van der Waals surface area contributed by atoms with E-state index in [0.717, 1.165) is 12.8 Å². The molecule has 5 nitrogen and oxygen atoms in total. The van der Waals surface area contributed by atoms with Gasteiger partial charge >= 0.3 is 12.0 Å². The highest BCUT2D eigenvalue weighted by molar-refractivity contribution is 5.78. The molecule has 1 aliphatic heterocycles. The second kappa shape index (κ2) is 8.12. The summed E-state index contributed by atoms with van der Waals surface area (Å²) >= 11 is 0. The largest absolute Gasteiger partial charge is 0.481 e. The molecule has 0 aromatic heterocycles. The molecule has 2 N–H and O–H groups in total. The molecule has 0 aromatic rings. The van der Waals surface area contributed by atoms with E-state index in [1.165, 1.54) is 19.3 Å². The quantitative estimate of drug-likeness (QED) is 0.706. The summed E-state index contributed by atoms with van der Waals surface area (Å²) in [5, 5.41) is 12.1. The first kappa shape index (κ1) is 16.8. The smallest absolute Gasteiger partial charge is 0.317 e. The van der Waals surface area contributed by atoms with Crippen LogP contribution in [0.2, 0.25) is 0 Å². The van der Waals surface area contributed by atoms with Crippen molar-refractivity contribution < 1.29 is 14.7 Å². The van der Waals surface area contributed by atoms with Gasteiger partial charge < -0.3 is 15.3 Å². The number of carbonyl (C=O) groups is 2. The number of aliphatic carboxylic acids is 1. The van der Waals surface area contributed by atoms with Crippen molar-refractivity contribution in [2.75, 3.05) is 6.54 Å². The number of carbonyl (C=O) groups excluding carboxylic acids is 1. The van der Waals surface area contributed by atoms with Crippen LogP contribution in [0.3, 0.4) is 0 Å². The Morgan fingerprint density at radius 2 is 2.05 bits per heavy atom. The minimum Gasteiger partial charge on any atom is -0.481 e. The lowest BCUT2D eigenvalue weighted by Crippen LogP contribution is -2.46. The molecule has 0 spiro atoms. The van der Waals surface area contributed by atoms with Crippen LogP contribution in [0.15, 0.2) is 0 Å². The first-order valence-corrected chi connectivity index (χ1v) is 7.77. The molecule has 0 radical (unpaired) electrons. The van der Waals surface area contributed by atoms with E-state index in [1.807, 2.05) is 13.8 Å². The summed E-state index contributed by atoms with van der Waals surface area (Å²) in [5.74, 6) is -1.24. The maximum Gasteiger partial charge on any atom is 0.317 e. The van der Waals surface area contributed by atoms with Gasteiger partial charge in [-0.05, 0) is 26.7 Å². The molecule has 2 amide bonds. The van der Waals surface area contributed by atoms with E-state index in [2.05, 4.69) is 12.2 Å². The molecule has 0 aliphatic carbocycles. The van der Waals surface area contributed by atoms with Crippen molar-refractivity contribution in [3.05, 3.63) is 0 Å². The summed E-state index contributed by atoms with van der Waals surface area (Å²) < 4.78 is 0. The van der Waals surface area contributed by atoms with Gasteiger partial charge in [-0.15, -0.1) is 0 Å². The highest BCUT2D eigenvalue weighted by atomic mass is 16.4. The van der Waals surface area contributed by atoms with Crippen molar-refractivity contribution in [2.24, 2.45) is 5.92 Å². The Kier molecular flexibility index (Phi) is 6.82. The second-order valence-corrected chi connectivity index (χ2v) is 5.87. The molecule has 3 atom stereocenters. The summed E-state index contributed by atoms with van der Waals surface area (Å²) in [4.78, 5) is 24.8. The van der Waals surface area contributed by atoms with E-state index in [0.29, 0.717) is 13.0 Å². The van der Waals surface area contributed by atoms with Crippen LogP contribution in [-0.2, 0) is 4.79 Å². The SMILES string of the molecule is CCCCCCC(C)NC(=O)N1CCC(C(=O)O)C1C. The predicted octanol–water partition coefficient (Wildman–Crippen LogP) is 2.85. The Labute approximate surface area is 121 Å². The highest BCUT2D eigenvalue weighted by Crippen LogP contribution is 2.24. The molecule has 1 aliphatic rings. The van der Waals surface area contributed by atoms with Gasteiger partial charge in [0.25, 0.3) is 0 Å². The minimum absolute atomic E-state index is 0.121. The number of carboxylic acid groups (broad SMARTS) is 1. The Morgan fingerprint density at radius 1 is 1.35 bits per heavy atom. The normalized spacial score (nSPS) is 23.6. The molecular weight excluding hydrogens is 256 g/mol. The molecule has 5 heteroatoms. The minimum atomic E-state index is -0.805. The molecule has 1 saturated heterocycles. The molecule has 116 valence electrons. The number of hydrogen-bond acceptors (Lipinski definition) is 2. The summed E-state index contributed by atoms with van der Waals surface area (Å²) in [5.41, 5.74) is 0. The first-order chi connectivity index (χ1) is 9.47. The summed E-state index contributed by atoms with van der Waals surface area (Å²) in [6, 6.07) is -0.195. The van der Waals surface area contributed by atoms with Gasteiger partial charge in [-0.1, -0.05) is 32.6 Å². The second-order valence-electron chi connectivity index (χ2n) is 5.87. The average molecular weight is 284 g/mol. The fourth-order valence-corrected chi connectivity index (χ4v) is 2.80. The Morgan fingerprint density at radius 3 is 2.60 bits per heavy atom. The first-order valence-electron chi connectivity index (χ1n) is 7.77. The molecular formula is C15H28N2O3. The van der Waals surface area contributed by atoms with Crippen LogP contribution in [-0.4, -0.2) is 40.6 Å². The molecule has 3 unspecified atom stereocenters. The number of likely N-dealkylation sites (tertiary alicyclic amines) is 1. The van der Waals surface area contributed by atoms with Crippen LogP contribution in [0.4, 0.5) is 4.79 Å². The number of carboxylic acids is 1. The molecule has 0 aromatic carbocycles. The third-order valence-corrected chi connectivity index (χ3v) is 4.19. The number of unbranched alkanes of at least 4 members (excludes halogenated alkanes) is 3. The van der Waals surface area contributed by atoms with Crippen LogP contribution in [0, 0.1) is 5.92 Å². The van der Waals surface area contributed by atoms with Crippen molar-refractivity contribution in [3.63, 3.8) is 0 Å². The zero-order valence-electron chi connectivity index (χ0n) is 12.9. The molecule has 1 heterocycles. The van der Waals surface area contributed by atoms with E-state index in [4.69, 9.17) is 5.11 Å². The van der Waals surface area contributed by atoms with E-state index < -0.39 is 11.9 Å². The monoisotopic (exact) mass is 284 g/mol. The highest BCUT2D eigenvalue weighted by Gasteiger charge is 2.38. The van der Waals surface area contributed by atoms with Crippen molar-refractivity contribution in [1.82, 2.24) is 10.2 Å². The fraction of sp³-hybridized carbons (Fsp3) is 0.867. The van der Waals surface area contributed by atoms with E-state index in [-0.39, 0.29) is 18.1 Å². The topological polar surface area (TPSA) is 69.6 Å². The molecule has 0 saturated carbocycles. The number of rotatable bonds is 7. The maximum atomic E-state index is 12.1. The van der Waals surface area contributed by atoms with Gasteiger partial charge in [-0.2, -0.15) is 0 Å². The molecule has 1 fully saturated rings. The van der Waals surface area contributed by atoms with Gasteiger partial charge in [0, 0.05) is 18.6 Å². The summed E-state index contributed by atoms with van der Waals surface area (Å²) in [6.07, 6.45) is 6.32. The van der Waals surface area contributed by atoms with E-state index in [1.54, 1.807) is 4.90 Å². The van der Waals surface area contributed by atoms with Crippen LogP contribution >= 0.6 is 0 Å². The lowest BCUT2D eigenvalue weighted by molar-refractivity contribution is -0.142. The lowest BCUT2D eigenvalue weighted by Gasteiger charge is -2.25. The number of hydrogen-bond donors (Lipinski definition) is 2. The van der Waals surface area contributed by atoms with Crippen LogP contribution in [0.5, 0.6) is 0 Å². The number of nitrogens with zero attached hydrogens (tertiary/aromatic N) is 1. The average Bonchev–Trinajstić information content (AvgIpc) is 2.76. The molecule has 0 bridgehead atoms. The van der Waals surface area contributed by atoms with Gasteiger partial charge in [0.05, 0.1) is 5.92 Å². The Bertz CT molecular complexity index is 333. The zero-order valence-corrected chi connectivity index (χ0v) is 12.9. The van der Waals surface area contributed by atoms with Gasteiger partial charge in [0.2, 0.25) is 0 Å². The van der Waals surface area contributed by atoms with Crippen LogP contribution in [0.25, 0.3) is 0 Å². The van der Waals surface area contributed by atoms with Crippen molar-refractivity contribution in [3.8, 4) is 0 Å².